The first kappa shape index (κ1) is 44.4. The van der Waals surface area contributed by atoms with Crippen LogP contribution < -0.4 is 0 Å². The molecule has 6 rings (SSSR count). The average molecular weight is 813 g/mol. The molecular formula is C56H56N6. The summed E-state index contributed by atoms with van der Waals surface area (Å²) in [6, 6.07) is 38.8. The van der Waals surface area contributed by atoms with Gasteiger partial charge >= 0.3 is 0 Å². The molecule has 4 aromatic carbocycles. The molecule has 0 N–H and O–H groups in total. The van der Waals surface area contributed by atoms with Crippen molar-refractivity contribution < 1.29 is 0 Å². The molecule has 6 heteroatoms. The zero-order valence-electron chi connectivity index (χ0n) is 36.2. The van der Waals surface area contributed by atoms with Crippen LogP contribution in [0.1, 0.15) is 69.0 Å². The van der Waals surface area contributed by atoms with Crippen molar-refractivity contribution in [2.75, 3.05) is 0 Å². The molecule has 5 aromatic rings. The van der Waals surface area contributed by atoms with Crippen LogP contribution in [0.25, 0.3) is 28.3 Å². The Bertz CT molecular complexity index is 2490. The fraction of sp³-hybridized carbons (Fsp3) is 0.179. The average Bonchev–Trinajstić information content (AvgIpc) is 3.31. The zero-order chi connectivity index (χ0) is 43.4. The van der Waals surface area contributed by atoms with Gasteiger partial charge in [-0.15, -0.1) is 0 Å². The minimum absolute atomic E-state index is 0.492. The van der Waals surface area contributed by atoms with E-state index in [1.54, 1.807) is 0 Å². The summed E-state index contributed by atoms with van der Waals surface area (Å²) >= 11 is 0. The van der Waals surface area contributed by atoms with Crippen molar-refractivity contribution in [2.45, 2.75) is 59.4 Å². The van der Waals surface area contributed by atoms with Crippen LogP contribution in [0, 0.1) is 5.92 Å². The first-order chi connectivity index (χ1) is 30.4. The zero-order valence-corrected chi connectivity index (χ0v) is 36.2. The number of benzene rings is 4. The van der Waals surface area contributed by atoms with Gasteiger partial charge in [0.05, 0.1) is 6.54 Å². The molecule has 0 saturated carbocycles. The van der Waals surface area contributed by atoms with E-state index in [0.717, 1.165) is 65.5 Å². The summed E-state index contributed by atoms with van der Waals surface area (Å²) in [7, 11) is 0. The Morgan fingerprint density at radius 3 is 1.97 bits per heavy atom. The van der Waals surface area contributed by atoms with Crippen LogP contribution in [-0.4, -0.2) is 33.3 Å². The summed E-state index contributed by atoms with van der Waals surface area (Å²) in [6.07, 6.45) is 28.0. The lowest BCUT2D eigenvalue weighted by molar-refractivity contribution is 0.725. The summed E-state index contributed by atoms with van der Waals surface area (Å²) in [5.74, 6) is 3.73. The number of nitrogens with zero attached hydrogens (tertiary/aromatic N) is 6. The van der Waals surface area contributed by atoms with E-state index in [4.69, 9.17) is 24.9 Å². The summed E-state index contributed by atoms with van der Waals surface area (Å²) in [4.78, 5) is 28.8. The molecule has 0 radical (unpaired) electrons. The molecule has 0 saturated heterocycles. The highest BCUT2D eigenvalue weighted by Gasteiger charge is 2.16. The van der Waals surface area contributed by atoms with Gasteiger partial charge in [0.15, 0.2) is 29.1 Å². The molecule has 0 spiro atoms. The van der Waals surface area contributed by atoms with Gasteiger partial charge in [-0.05, 0) is 75.3 Å². The van der Waals surface area contributed by atoms with Gasteiger partial charge < -0.3 is 0 Å². The normalized spacial score (nSPS) is 15.3. The smallest absolute Gasteiger partial charge is 0.164 e. The fourth-order valence-electron chi connectivity index (χ4n) is 7.05. The first-order valence-corrected chi connectivity index (χ1v) is 21.4. The third-order valence-corrected chi connectivity index (χ3v) is 10.3. The van der Waals surface area contributed by atoms with Crippen molar-refractivity contribution in [2.24, 2.45) is 20.9 Å². The number of allylic oxidation sites excluding steroid dienone is 13. The Morgan fingerprint density at radius 2 is 1.35 bits per heavy atom. The highest BCUT2D eigenvalue weighted by molar-refractivity contribution is 6.14. The van der Waals surface area contributed by atoms with Crippen molar-refractivity contribution in [3.05, 3.63) is 228 Å². The number of hydrogen-bond donors (Lipinski definition) is 0. The molecule has 0 aliphatic heterocycles. The number of aliphatic imine (C=N–C) groups is 3. The summed E-state index contributed by atoms with van der Waals surface area (Å²) in [6.45, 7) is 14.7. The van der Waals surface area contributed by atoms with E-state index in [-0.39, 0.29) is 0 Å². The molecule has 1 heterocycles. The monoisotopic (exact) mass is 812 g/mol. The molecule has 0 fully saturated rings. The SMILES string of the molecule is C=C/C=C(/C/C=C\C=C/CC/C=C\C(=C/C)c1nc(-c2ccccc2)nc(-c2ccccc2)n1)Cc1ccc(CN=C(N=C(N=C)c2ccccc2)C2=CCC(C)C=C2C)cc1. The molecule has 1 atom stereocenters. The van der Waals surface area contributed by atoms with Gasteiger partial charge in [-0.25, -0.2) is 24.9 Å². The predicted molar refractivity (Wildman–Crippen MR) is 263 cm³/mol. The lowest BCUT2D eigenvalue weighted by Crippen LogP contribution is -2.11. The molecule has 0 bridgehead atoms. The molecule has 6 nitrogen and oxygen atoms in total. The molecule has 62 heavy (non-hydrogen) atoms. The molecular weight excluding hydrogens is 757 g/mol. The second-order valence-electron chi connectivity index (χ2n) is 15.2. The number of rotatable bonds is 17. The maximum absolute atomic E-state index is 5.04. The van der Waals surface area contributed by atoms with Gasteiger partial charge in [0.25, 0.3) is 0 Å². The Hall–Kier alpha value is -7.18. The van der Waals surface area contributed by atoms with Gasteiger partial charge in [0, 0.05) is 27.8 Å². The van der Waals surface area contributed by atoms with E-state index in [2.05, 4.69) is 117 Å². The predicted octanol–water partition coefficient (Wildman–Crippen LogP) is 13.8. The van der Waals surface area contributed by atoms with Crippen LogP contribution in [0.15, 0.2) is 220 Å². The molecule has 1 aliphatic rings. The van der Waals surface area contributed by atoms with Crippen LogP contribution in [-0.2, 0) is 13.0 Å². The third kappa shape index (κ3) is 13.2. The minimum atomic E-state index is 0.492. The number of aromatic nitrogens is 3. The maximum atomic E-state index is 5.04. The topological polar surface area (TPSA) is 75.8 Å². The lowest BCUT2D eigenvalue weighted by Gasteiger charge is -2.17. The summed E-state index contributed by atoms with van der Waals surface area (Å²) in [5.41, 5.74) is 9.70. The van der Waals surface area contributed by atoms with Crippen molar-refractivity contribution in [1.29, 1.82) is 0 Å². The van der Waals surface area contributed by atoms with Gasteiger partial charge in [-0.1, -0.05) is 201 Å². The van der Waals surface area contributed by atoms with Gasteiger partial charge in [0.2, 0.25) is 0 Å². The van der Waals surface area contributed by atoms with E-state index >= 15 is 0 Å². The summed E-state index contributed by atoms with van der Waals surface area (Å²) in [5, 5.41) is 0. The molecule has 1 aliphatic carbocycles. The van der Waals surface area contributed by atoms with E-state index in [1.807, 2.05) is 104 Å². The van der Waals surface area contributed by atoms with Crippen molar-refractivity contribution in [1.82, 2.24) is 15.0 Å². The van der Waals surface area contributed by atoms with E-state index < -0.39 is 0 Å². The van der Waals surface area contributed by atoms with Crippen LogP contribution in [0.4, 0.5) is 0 Å². The highest BCUT2D eigenvalue weighted by Crippen LogP contribution is 2.26. The standard InChI is InChI=1S/C56H56N6/c1-6-24-44(40-45-34-36-46(37-35-45)41-58-56(51-38-33-42(3)39-43(51)4)59-52(57-5)48-27-18-13-19-28-48)25-16-11-9-8-10-12-17-26-47(7-2)53-60-54(49-29-20-14-21-30-49)62-55(61-53)50-31-22-15-23-32-50/h6-9,11,13-24,26-32,34-39,42H,1,5,10,12,25,33,40-41H2,2-4H3/b9-8-,16-11-,26-17-,44-24-,47-7+,58-56?,59-52?. The number of amidine groups is 2. The summed E-state index contributed by atoms with van der Waals surface area (Å²) < 4.78 is 0. The Balaban J connectivity index is 1.02. The van der Waals surface area contributed by atoms with Crippen LogP contribution in [0.5, 0.6) is 0 Å². The number of hydrogen-bond acceptors (Lipinski definition) is 4. The van der Waals surface area contributed by atoms with Crippen molar-refractivity contribution >= 4 is 24.0 Å². The van der Waals surface area contributed by atoms with Crippen LogP contribution in [0.3, 0.4) is 0 Å². The molecule has 310 valence electrons. The molecule has 1 unspecified atom stereocenters. The second-order valence-corrected chi connectivity index (χ2v) is 15.2. The first-order valence-electron chi connectivity index (χ1n) is 21.4. The van der Waals surface area contributed by atoms with Gasteiger partial charge in [-0.2, -0.15) is 0 Å². The fourth-order valence-corrected chi connectivity index (χ4v) is 7.05. The van der Waals surface area contributed by atoms with E-state index in [9.17, 15) is 0 Å². The van der Waals surface area contributed by atoms with Crippen molar-refractivity contribution in [3.8, 4) is 22.8 Å². The molecule has 0 amide bonds. The van der Waals surface area contributed by atoms with E-state index in [1.165, 1.54) is 16.7 Å². The third-order valence-electron chi connectivity index (χ3n) is 10.3. The largest absolute Gasteiger partial charge is 0.261 e. The van der Waals surface area contributed by atoms with E-state index in [0.29, 0.717) is 41.6 Å². The maximum Gasteiger partial charge on any atom is 0.164 e. The number of unbranched alkanes of at least 4 members (excludes halogenated alkanes) is 1. The highest BCUT2D eigenvalue weighted by atomic mass is 15.0. The van der Waals surface area contributed by atoms with Crippen LogP contribution in [0.2, 0.25) is 0 Å². The van der Waals surface area contributed by atoms with Gasteiger partial charge in [0.1, 0.15) is 0 Å². The minimum Gasteiger partial charge on any atom is -0.261 e. The Kier molecular flexibility index (Phi) is 16.9. The van der Waals surface area contributed by atoms with Crippen molar-refractivity contribution in [3.63, 3.8) is 0 Å². The Labute approximate surface area is 368 Å². The van der Waals surface area contributed by atoms with Gasteiger partial charge in [-0.3, -0.25) is 4.99 Å². The lowest BCUT2D eigenvalue weighted by atomic mass is 9.92. The Morgan fingerprint density at radius 1 is 0.742 bits per heavy atom. The quantitative estimate of drug-likeness (QED) is 0.0406. The molecule has 1 aromatic heterocycles. The van der Waals surface area contributed by atoms with Crippen LogP contribution >= 0.6 is 0 Å². The second kappa shape index (κ2) is 23.6.